The van der Waals surface area contributed by atoms with Gasteiger partial charge in [-0.05, 0) is 39.0 Å². The zero-order valence-corrected chi connectivity index (χ0v) is 16.6. The maximum Gasteiger partial charge on any atom is 0.321 e. The van der Waals surface area contributed by atoms with Crippen LogP contribution in [0.3, 0.4) is 0 Å². The van der Waals surface area contributed by atoms with E-state index >= 15 is 0 Å². The largest absolute Gasteiger partial charge is 0.474 e. The second kappa shape index (κ2) is 8.96. The highest BCUT2D eigenvalue weighted by Crippen LogP contribution is 2.31. The van der Waals surface area contributed by atoms with Gasteiger partial charge in [0.15, 0.2) is 0 Å². The van der Waals surface area contributed by atoms with E-state index in [1.54, 1.807) is 19.4 Å². The van der Waals surface area contributed by atoms with E-state index in [-0.39, 0.29) is 6.10 Å². The fourth-order valence-corrected chi connectivity index (χ4v) is 2.69. The van der Waals surface area contributed by atoms with Gasteiger partial charge in [-0.25, -0.2) is 4.98 Å². The Balaban J connectivity index is 0.000000755. The van der Waals surface area contributed by atoms with Crippen molar-refractivity contribution < 1.29 is 14.1 Å². The first-order valence-electron chi connectivity index (χ1n) is 9.07. The van der Waals surface area contributed by atoms with Crippen molar-refractivity contribution in [3.8, 4) is 28.5 Å². The summed E-state index contributed by atoms with van der Waals surface area (Å²) in [4.78, 5) is 25.2. The minimum absolute atomic E-state index is 0.0359. The number of benzene rings is 1. The Morgan fingerprint density at radius 2 is 2.03 bits per heavy atom. The van der Waals surface area contributed by atoms with Gasteiger partial charge >= 0.3 is 6.01 Å². The number of carbonyl (C=O) groups is 1. The third-order valence-electron chi connectivity index (χ3n) is 3.82. The number of aldehydes is 1. The zero-order valence-electron chi connectivity index (χ0n) is 16.6. The van der Waals surface area contributed by atoms with Crippen LogP contribution < -0.4 is 10.1 Å². The Bertz CT molecular complexity index is 1100. The molecule has 0 saturated heterocycles. The summed E-state index contributed by atoms with van der Waals surface area (Å²) in [5, 5.41) is 7.82. The van der Waals surface area contributed by atoms with Crippen molar-refractivity contribution >= 4 is 23.2 Å². The number of fused-ring (bicyclic) bond motifs is 1. The molecule has 4 rings (SSSR count). The van der Waals surface area contributed by atoms with Crippen LogP contribution >= 0.6 is 0 Å². The van der Waals surface area contributed by atoms with Crippen LogP contribution in [-0.4, -0.2) is 44.5 Å². The van der Waals surface area contributed by atoms with Crippen molar-refractivity contribution in [2.45, 2.75) is 26.9 Å². The molecular formula is C20H22N6O3. The van der Waals surface area contributed by atoms with Crippen molar-refractivity contribution in [3.63, 3.8) is 0 Å². The molecule has 0 amide bonds. The van der Waals surface area contributed by atoms with Crippen molar-refractivity contribution in [1.82, 2.24) is 25.1 Å². The predicted octanol–water partition coefficient (Wildman–Crippen LogP) is 3.71. The summed E-state index contributed by atoms with van der Waals surface area (Å²) in [5.41, 5.74) is 3.50. The summed E-state index contributed by atoms with van der Waals surface area (Å²) in [6.07, 6.45) is 6.03. The number of aromatic nitrogens is 5. The first kappa shape index (κ1) is 20.0. The summed E-state index contributed by atoms with van der Waals surface area (Å²) in [6, 6.07) is 6.30. The van der Waals surface area contributed by atoms with Crippen LogP contribution in [0.15, 0.2) is 41.3 Å². The Morgan fingerprint density at radius 1 is 1.24 bits per heavy atom. The van der Waals surface area contributed by atoms with Gasteiger partial charge in [0.25, 0.3) is 0 Å². The normalized spacial score (nSPS) is 10.5. The van der Waals surface area contributed by atoms with E-state index < -0.39 is 0 Å². The van der Waals surface area contributed by atoms with Crippen molar-refractivity contribution in [2.24, 2.45) is 0 Å². The minimum atomic E-state index is 0.0359. The van der Waals surface area contributed by atoms with E-state index in [2.05, 4.69) is 30.4 Å². The molecule has 4 aromatic rings. The predicted molar refractivity (Wildman–Crippen MR) is 110 cm³/mol. The number of nitrogens with one attached hydrogen (secondary N) is 2. The smallest absolute Gasteiger partial charge is 0.321 e. The van der Waals surface area contributed by atoms with E-state index in [1.165, 1.54) is 6.92 Å². The fraction of sp³-hybridized carbons (Fsp3) is 0.250. The summed E-state index contributed by atoms with van der Waals surface area (Å²) in [6.45, 7) is 5.35. The highest BCUT2D eigenvalue weighted by molar-refractivity contribution is 5.96. The Hall–Kier alpha value is -3.75. The third kappa shape index (κ3) is 4.57. The first-order chi connectivity index (χ1) is 14.0. The van der Waals surface area contributed by atoms with Gasteiger partial charge in [0.1, 0.15) is 6.29 Å². The molecule has 9 nitrogen and oxygen atoms in total. The lowest BCUT2D eigenvalue weighted by Crippen LogP contribution is -2.07. The van der Waals surface area contributed by atoms with Gasteiger partial charge in [-0.2, -0.15) is 4.98 Å². The number of hydrogen-bond acceptors (Lipinski definition) is 8. The molecular weight excluding hydrogens is 372 g/mol. The molecule has 150 valence electrons. The number of aromatic amines is 1. The third-order valence-corrected chi connectivity index (χ3v) is 3.82. The number of rotatable bonds is 5. The van der Waals surface area contributed by atoms with Crippen LogP contribution in [0.4, 0.5) is 6.01 Å². The van der Waals surface area contributed by atoms with Crippen molar-refractivity contribution in [2.75, 3.05) is 12.4 Å². The summed E-state index contributed by atoms with van der Waals surface area (Å²) < 4.78 is 10.8. The molecule has 9 heteroatoms. The van der Waals surface area contributed by atoms with Gasteiger partial charge in [0.05, 0.1) is 24.2 Å². The second-order valence-electron chi connectivity index (χ2n) is 6.28. The van der Waals surface area contributed by atoms with Crippen molar-refractivity contribution in [3.05, 3.63) is 36.8 Å². The SMILES string of the molecule is CC=O.CNc1nc(-c2ccc3[nH]cc(-c4cncc(OC(C)C)n4)c3c2)no1. The lowest BCUT2D eigenvalue weighted by Gasteiger charge is -2.08. The van der Waals surface area contributed by atoms with Crippen LogP contribution in [0.5, 0.6) is 5.88 Å². The number of anilines is 1. The van der Waals surface area contributed by atoms with Gasteiger partial charge in [0.2, 0.25) is 11.7 Å². The highest BCUT2D eigenvalue weighted by Gasteiger charge is 2.13. The highest BCUT2D eigenvalue weighted by atomic mass is 16.5. The molecule has 2 N–H and O–H groups in total. The van der Waals surface area contributed by atoms with Crippen LogP contribution in [0.1, 0.15) is 20.8 Å². The molecule has 0 saturated carbocycles. The number of ether oxygens (including phenoxy) is 1. The van der Waals surface area contributed by atoms with Crippen LogP contribution in [0.2, 0.25) is 0 Å². The summed E-state index contributed by atoms with van der Waals surface area (Å²) in [7, 11) is 1.73. The Labute approximate surface area is 167 Å². The van der Waals surface area contributed by atoms with E-state index in [4.69, 9.17) is 14.1 Å². The number of nitrogens with zero attached hydrogens (tertiary/aromatic N) is 4. The molecule has 3 heterocycles. The van der Waals surface area contributed by atoms with Gasteiger partial charge in [-0.1, -0.05) is 5.16 Å². The van der Waals surface area contributed by atoms with Gasteiger partial charge in [-0.3, -0.25) is 4.98 Å². The molecule has 0 spiro atoms. The lowest BCUT2D eigenvalue weighted by atomic mass is 10.1. The molecule has 0 fully saturated rings. The number of hydrogen-bond donors (Lipinski definition) is 2. The molecule has 0 radical (unpaired) electrons. The molecule has 0 bridgehead atoms. The van der Waals surface area contributed by atoms with E-state index in [0.29, 0.717) is 17.7 Å². The standard InChI is InChI=1S/C18H18N6O2.C2H4O/c1-10(2)25-16-9-20-8-15(22-16)13-7-21-14-5-4-11(6-12(13)14)17-23-18(19-3)26-24-17;1-2-3/h4-10,21H,1-3H3,(H,19,23,24);2H,1H3. The van der Waals surface area contributed by atoms with Crippen LogP contribution in [0, 0.1) is 0 Å². The van der Waals surface area contributed by atoms with E-state index in [9.17, 15) is 0 Å². The molecule has 0 aliphatic carbocycles. The van der Waals surface area contributed by atoms with Crippen LogP contribution in [0.25, 0.3) is 33.5 Å². The first-order valence-corrected chi connectivity index (χ1v) is 9.07. The molecule has 0 aliphatic rings. The lowest BCUT2D eigenvalue weighted by molar-refractivity contribution is -0.106. The average molecular weight is 394 g/mol. The Kier molecular flexibility index (Phi) is 6.18. The van der Waals surface area contributed by atoms with Crippen molar-refractivity contribution in [1.29, 1.82) is 0 Å². The van der Waals surface area contributed by atoms with Gasteiger partial charge < -0.3 is 24.4 Å². The maximum atomic E-state index is 8.81. The van der Waals surface area contributed by atoms with Gasteiger partial charge in [0, 0.05) is 35.3 Å². The van der Waals surface area contributed by atoms with Gasteiger partial charge in [-0.15, -0.1) is 0 Å². The van der Waals surface area contributed by atoms with E-state index in [1.807, 2.05) is 38.2 Å². The summed E-state index contributed by atoms with van der Waals surface area (Å²) in [5.74, 6) is 1.02. The minimum Gasteiger partial charge on any atom is -0.474 e. The van der Waals surface area contributed by atoms with E-state index in [0.717, 1.165) is 34.0 Å². The number of H-pyrrole nitrogens is 1. The summed E-state index contributed by atoms with van der Waals surface area (Å²) >= 11 is 0. The average Bonchev–Trinajstić information content (AvgIpc) is 3.35. The molecule has 0 atom stereocenters. The molecule has 0 aliphatic heterocycles. The molecule has 29 heavy (non-hydrogen) atoms. The maximum absolute atomic E-state index is 8.81. The quantitative estimate of drug-likeness (QED) is 0.492. The monoisotopic (exact) mass is 394 g/mol. The Morgan fingerprint density at radius 3 is 2.72 bits per heavy atom. The molecule has 1 aromatic carbocycles. The molecule has 3 aromatic heterocycles. The second-order valence-corrected chi connectivity index (χ2v) is 6.28. The topological polar surface area (TPSA) is 119 Å². The number of carbonyl (C=O) groups excluding carboxylic acids is 1. The van der Waals surface area contributed by atoms with Crippen LogP contribution in [-0.2, 0) is 4.79 Å². The molecule has 0 unspecified atom stereocenters. The zero-order chi connectivity index (χ0) is 20.8. The fourth-order valence-electron chi connectivity index (χ4n) is 2.69.